The molecule has 96 valence electrons. The van der Waals surface area contributed by atoms with Gasteiger partial charge in [0.1, 0.15) is 5.82 Å². The average Bonchev–Trinajstić information content (AvgIpc) is 2.68. The van der Waals surface area contributed by atoms with Gasteiger partial charge in [-0.2, -0.15) is 0 Å². The van der Waals surface area contributed by atoms with E-state index in [0.29, 0.717) is 12.0 Å². The zero-order valence-corrected chi connectivity index (χ0v) is 11.1. The van der Waals surface area contributed by atoms with Crippen LogP contribution in [0, 0.1) is 11.7 Å². The molecule has 0 bridgehead atoms. The van der Waals surface area contributed by atoms with E-state index in [1.54, 1.807) is 12.1 Å². The monoisotopic (exact) mass is 245 g/mol. The van der Waals surface area contributed by atoms with Gasteiger partial charge < -0.3 is 5.32 Å². The summed E-state index contributed by atoms with van der Waals surface area (Å²) < 4.78 is 13.4. The van der Waals surface area contributed by atoms with Crippen molar-refractivity contribution in [3.63, 3.8) is 0 Å². The molecule has 0 amide bonds. The van der Waals surface area contributed by atoms with Crippen molar-refractivity contribution in [2.24, 2.45) is 5.92 Å². The van der Waals surface area contributed by atoms with Crippen molar-refractivity contribution in [1.29, 1.82) is 0 Å². The van der Waals surface area contributed by atoms with Gasteiger partial charge in [0, 0.05) is 6.04 Å². The van der Waals surface area contributed by atoms with Gasteiger partial charge >= 0.3 is 0 Å². The minimum absolute atomic E-state index is 0.110. The first-order valence-corrected chi connectivity index (χ1v) is 6.89. The van der Waals surface area contributed by atoms with Gasteiger partial charge in [0.15, 0.2) is 0 Å². The minimum Gasteiger partial charge on any atom is -0.310 e. The average molecular weight is 245 g/mol. The molecule has 0 aromatic heterocycles. The number of fused-ring (bicyclic) bond motifs is 2. The van der Waals surface area contributed by atoms with E-state index in [0.717, 1.165) is 19.4 Å². The highest BCUT2D eigenvalue weighted by Crippen LogP contribution is 2.39. The van der Waals surface area contributed by atoms with Crippen LogP contribution in [0.4, 0.5) is 4.39 Å². The van der Waals surface area contributed by atoms with Crippen LogP contribution in [0.25, 0.3) is 5.57 Å². The lowest BCUT2D eigenvalue weighted by Gasteiger charge is -2.28. The zero-order chi connectivity index (χ0) is 12.7. The Hall–Kier alpha value is -1.15. The third-order valence-corrected chi connectivity index (χ3v) is 4.06. The second-order valence-corrected chi connectivity index (χ2v) is 5.87. The fraction of sp³-hybridized carbons (Fsp3) is 0.500. The molecule has 1 unspecified atom stereocenters. The highest BCUT2D eigenvalue weighted by molar-refractivity contribution is 5.78. The van der Waals surface area contributed by atoms with Crippen molar-refractivity contribution >= 4 is 5.57 Å². The van der Waals surface area contributed by atoms with Crippen LogP contribution in [-0.2, 0) is 6.42 Å². The molecule has 3 rings (SSSR count). The molecule has 0 radical (unpaired) electrons. The molecule has 1 aliphatic carbocycles. The molecule has 1 N–H and O–H groups in total. The Kier molecular flexibility index (Phi) is 2.98. The fourth-order valence-electron chi connectivity index (χ4n) is 3.29. The van der Waals surface area contributed by atoms with E-state index >= 15 is 0 Å². The maximum atomic E-state index is 13.4. The fourth-order valence-corrected chi connectivity index (χ4v) is 3.29. The smallest absolute Gasteiger partial charge is 0.123 e. The van der Waals surface area contributed by atoms with Crippen LogP contribution in [0.1, 0.15) is 37.8 Å². The molecule has 0 saturated carbocycles. The standard InChI is InChI=1S/C16H20FN/c1-10(2)7-16-15-8-11-3-4-12(17)9-14(11)13(15)5-6-18-16/h3-4,9-10,16,18H,5-8H2,1-2H3. The number of hydrogen-bond donors (Lipinski definition) is 1. The van der Waals surface area contributed by atoms with E-state index in [2.05, 4.69) is 19.2 Å². The third kappa shape index (κ3) is 1.99. The van der Waals surface area contributed by atoms with E-state index in [1.807, 2.05) is 6.07 Å². The number of halogens is 1. The van der Waals surface area contributed by atoms with Crippen LogP contribution in [-0.4, -0.2) is 12.6 Å². The van der Waals surface area contributed by atoms with E-state index in [9.17, 15) is 4.39 Å². The van der Waals surface area contributed by atoms with Gasteiger partial charge in [0.25, 0.3) is 0 Å². The first-order chi connectivity index (χ1) is 8.65. The van der Waals surface area contributed by atoms with Crippen molar-refractivity contribution in [2.75, 3.05) is 6.54 Å². The predicted octanol–water partition coefficient (Wildman–Crippen LogP) is 3.54. The Labute approximate surface area is 108 Å². The predicted molar refractivity (Wildman–Crippen MR) is 72.9 cm³/mol. The van der Waals surface area contributed by atoms with Crippen LogP contribution in [0.5, 0.6) is 0 Å². The highest BCUT2D eigenvalue weighted by atomic mass is 19.1. The highest BCUT2D eigenvalue weighted by Gasteiger charge is 2.30. The molecule has 0 fully saturated rings. The Morgan fingerprint density at radius 2 is 2.22 bits per heavy atom. The van der Waals surface area contributed by atoms with Gasteiger partial charge in [-0.25, -0.2) is 4.39 Å². The summed E-state index contributed by atoms with van der Waals surface area (Å²) in [7, 11) is 0. The third-order valence-electron chi connectivity index (χ3n) is 4.06. The van der Waals surface area contributed by atoms with Crippen LogP contribution >= 0.6 is 0 Å². The minimum atomic E-state index is -0.110. The zero-order valence-electron chi connectivity index (χ0n) is 11.1. The lowest BCUT2D eigenvalue weighted by atomic mass is 9.89. The number of benzene rings is 1. The van der Waals surface area contributed by atoms with Gasteiger partial charge in [0.2, 0.25) is 0 Å². The van der Waals surface area contributed by atoms with Crippen LogP contribution in [0.2, 0.25) is 0 Å². The lowest BCUT2D eigenvalue weighted by Crippen LogP contribution is -2.36. The SMILES string of the molecule is CC(C)CC1NCCC2=C1Cc1ccc(F)cc12. The summed E-state index contributed by atoms with van der Waals surface area (Å²) in [6.45, 7) is 5.54. The normalized spacial score (nSPS) is 22.3. The second-order valence-electron chi connectivity index (χ2n) is 5.87. The summed E-state index contributed by atoms with van der Waals surface area (Å²) >= 11 is 0. The molecule has 1 aromatic rings. The molecule has 1 aromatic carbocycles. The Morgan fingerprint density at radius 3 is 3.00 bits per heavy atom. The number of nitrogens with one attached hydrogen (secondary N) is 1. The van der Waals surface area contributed by atoms with Gasteiger partial charge in [-0.15, -0.1) is 0 Å². The van der Waals surface area contributed by atoms with Gasteiger partial charge in [-0.3, -0.25) is 0 Å². The molecular formula is C16H20FN. The summed E-state index contributed by atoms with van der Waals surface area (Å²) in [4.78, 5) is 0. The molecule has 18 heavy (non-hydrogen) atoms. The molecule has 2 heteroatoms. The second kappa shape index (κ2) is 4.51. The molecule has 0 spiro atoms. The molecular weight excluding hydrogens is 225 g/mol. The van der Waals surface area contributed by atoms with Crippen molar-refractivity contribution in [3.05, 3.63) is 40.7 Å². The molecule has 1 aliphatic heterocycles. The van der Waals surface area contributed by atoms with Crippen LogP contribution in [0.15, 0.2) is 23.8 Å². The maximum Gasteiger partial charge on any atom is 0.123 e. The Bertz CT molecular complexity index is 502. The first-order valence-electron chi connectivity index (χ1n) is 6.89. The number of rotatable bonds is 2. The molecule has 1 nitrogen and oxygen atoms in total. The molecule has 1 atom stereocenters. The van der Waals surface area contributed by atoms with Gasteiger partial charge in [-0.1, -0.05) is 19.9 Å². The Balaban J connectivity index is 1.96. The first kappa shape index (κ1) is 11.9. The Morgan fingerprint density at radius 1 is 1.39 bits per heavy atom. The van der Waals surface area contributed by atoms with E-state index in [4.69, 9.17) is 0 Å². The number of hydrogen-bond acceptors (Lipinski definition) is 1. The summed E-state index contributed by atoms with van der Waals surface area (Å²) in [6, 6.07) is 5.75. The van der Waals surface area contributed by atoms with Crippen LogP contribution in [0.3, 0.4) is 0 Å². The summed E-state index contributed by atoms with van der Waals surface area (Å²) in [5, 5.41) is 3.62. The van der Waals surface area contributed by atoms with Crippen molar-refractivity contribution in [2.45, 2.75) is 39.2 Å². The van der Waals surface area contributed by atoms with Crippen LogP contribution < -0.4 is 5.32 Å². The van der Waals surface area contributed by atoms with Gasteiger partial charge in [-0.05, 0) is 66.1 Å². The van der Waals surface area contributed by atoms with Crippen molar-refractivity contribution in [3.8, 4) is 0 Å². The van der Waals surface area contributed by atoms with E-state index in [1.165, 1.54) is 28.7 Å². The van der Waals surface area contributed by atoms with E-state index in [-0.39, 0.29) is 5.82 Å². The molecule has 2 aliphatic rings. The largest absolute Gasteiger partial charge is 0.310 e. The van der Waals surface area contributed by atoms with Crippen molar-refractivity contribution < 1.29 is 4.39 Å². The topological polar surface area (TPSA) is 12.0 Å². The van der Waals surface area contributed by atoms with Gasteiger partial charge in [0.05, 0.1) is 0 Å². The molecule has 0 saturated heterocycles. The summed E-state index contributed by atoms with van der Waals surface area (Å²) in [5.74, 6) is 0.580. The quantitative estimate of drug-likeness (QED) is 0.840. The van der Waals surface area contributed by atoms with E-state index < -0.39 is 0 Å². The lowest BCUT2D eigenvalue weighted by molar-refractivity contribution is 0.449. The summed E-state index contributed by atoms with van der Waals surface area (Å²) in [5.41, 5.74) is 5.39. The summed E-state index contributed by atoms with van der Waals surface area (Å²) in [6.07, 6.45) is 3.23. The van der Waals surface area contributed by atoms with Crippen molar-refractivity contribution in [1.82, 2.24) is 5.32 Å². The maximum absolute atomic E-state index is 13.4. The molecule has 1 heterocycles.